The van der Waals surface area contributed by atoms with Crippen molar-refractivity contribution in [2.75, 3.05) is 13.6 Å². The Morgan fingerprint density at radius 1 is 1.19 bits per heavy atom. The maximum atomic E-state index is 5.11. The van der Waals surface area contributed by atoms with E-state index in [4.69, 9.17) is 17.2 Å². The molecule has 0 fully saturated rings. The van der Waals surface area contributed by atoms with E-state index in [1.54, 1.807) is 0 Å². The van der Waals surface area contributed by atoms with Crippen LogP contribution >= 0.6 is 12.2 Å². The zero-order valence-corrected chi connectivity index (χ0v) is 12.5. The third-order valence-corrected chi connectivity index (χ3v) is 4.17. The maximum Gasteiger partial charge on any atom is 0.213 e. The van der Waals surface area contributed by atoms with Gasteiger partial charge in [0.15, 0.2) is 5.82 Å². The van der Waals surface area contributed by atoms with E-state index < -0.39 is 0 Å². The van der Waals surface area contributed by atoms with Gasteiger partial charge in [-0.05, 0) is 30.9 Å². The molecule has 0 saturated carbocycles. The maximum absolute atomic E-state index is 5.11. The van der Waals surface area contributed by atoms with Crippen LogP contribution in [0.4, 0.5) is 0 Å². The lowest BCUT2D eigenvalue weighted by atomic mass is 9.95. The third kappa shape index (κ3) is 2.07. The van der Waals surface area contributed by atoms with Crippen LogP contribution in [-0.2, 0) is 13.0 Å². The van der Waals surface area contributed by atoms with Gasteiger partial charge >= 0.3 is 0 Å². The largest absolute Gasteiger partial charge is 0.302 e. The highest BCUT2D eigenvalue weighted by Crippen LogP contribution is 2.33. The number of rotatable bonds is 1. The number of aromatic amines is 2. The molecule has 6 heteroatoms. The average molecular weight is 297 g/mol. The zero-order chi connectivity index (χ0) is 14.4. The summed E-state index contributed by atoms with van der Waals surface area (Å²) >= 11 is 5.11. The van der Waals surface area contributed by atoms with Gasteiger partial charge in [0.2, 0.25) is 4.77 Å². The monoisotopic (exact) mass is 297 g/mol. The molecule has 0 atom stereocenters. The van der Waals surface area contributed by atoms with Crippen molar-refractivity contribution in [2.24, 2.45) is 0 Å². The van der Waals surface area contributed by atoms with Crippen LogP contribution < -0.4 is 0 Å². The summed E-state index contributed by atoms with van der Waals surface area (Å²) in [7, 11) is 2.13. The van der Waals surface area contributed by atoms with Crippen LogP contribution in [0.2, 0.25) is 0 Å². The number of pyridine rings is 1. The molecule has 0 aliphatic carbocycles. The number of nitrogens with one attached hydrogen (secondary N) is 2. The first-order chi connectivity index (χ1) is 10.2. The summed E-state index contributed by atoms with van der Waals surface area (Å²) in [6.45, 7) is 1.92. The molecule has 1 aliphatic rings. The molecule has 1 aliphatic heterocycles. The summed E-state index contributed by atoms with van der Waals surface area (Å²) < 4.78 is 0.476. The van der Waals surface area contributed by atoms with E-state index in [-0.39, 0.29) is 0 Å². The highest BCUT2D eigenvalue weighted by atomic mass is 32.1. The number of hydrogen-bond donors (Lipinski definition) is 2. The third-order valence-electron chi connectivity index (χ3n) is 3.98. The van der Waals surface area contributed by atoms with Crippen LogP contribution in [0.5, 0.6) is 0 Å². The van der Waals surface area contributed by atoms with E-state index >= 15 is 0 Å². The van der Waals surface area contributed by atoms with Crippen molar-refractivity contribution in [1.82, 2.24) is 25.1 Å². The van der Waals surface area contributed by atoms with E-state index in [0.29, 0.717) is 4.77 Å². The van der Waals surface area contributed by atoms with Crippen molar-refractivity contribution >= 4 is 23.1 Å². The summed E-state index contributed by atoms with van der Waals surface area (Å²) in [4.78, 5) is 11.6. The SMILES string of the molecule is CN1CCc2nc3ccccc3c(-c3nc(=S)[nH][nH]3)c2C1. The molecule has 1 aromatic carbocycles. The Labute approximate surface area is 127 Å². The minimum atomic E-state index is 0.476. The highest BCUT2D eigenvalue weighted by Gasteiger charge is 2.22. The van der Waals surface area contributed by atoms with Gasteiger partial charge in [0.25, 0.3) is 0 Å². The minimum absolute atomic E-state index is 0.476. The fraction of sp³-hybridized carbons (Fsp3) is 0.267. The average Bonchev–Trinajstić information content (AvgIpc) is 2.91. The van der Waals surface area contributed by atoms with Gasteiger partial charge in [-0.3, -0.25) is 15.2 Å². The van der Waals surface area contributed by atoms with E-state index in [0.717, 1.165) is 41.8 Å². The quantitative estimate of drug-likeness (QED) is 0.678. The number of likely N-dealkylation sites (N-methyl/N-ethyl adjacent to an activating group) is 1. The molecule has 0 amide bonds. The molecule has 0 saturated heterocycles. The molecule has 0 bridgehead atoms. The Morgan fingerprint density at radius 2 is 2.05 bits per heavy atom. The van der Waals surface area contributed by atoms with Crippen molar-refractivity contribution in [3.63, 3.8) is 0 Å². The number of para-hydroxylation sites is 1. The molecule has 3 aromatic rings. The van der Waals surface area contributed by atoms with Crippen molar-refractivity contribution in [2.45, 2.75) is 13.0 Å². The van der Waals surface area contributed by atoms with Crippen LogP contribution in [0, 0.1) is 4.77 Å². The number of hydrogen-bond acceptors (Lipinski definition) is 4. The molecule has 21 heavy (non-hydrogen) atoms. The Morgan fingerprint density at radius 3 is 2.86 bits per heavy atom. The van der Waals surface area contributed by atoms with Gasteiger partial charge in [0, 0.05) is 36.2 Å². The topological polar surface area (TPSA) is 60.6 Å². The van der Waals surface area contributed by atoms with E-state index in [2.05, 4.69) is 39.3 Å². The Balaban J connectivity index is 2.09. The van der Waals surface area contributed by atoms with Gasteiger partial charge in [-0.2, -0.15) is 4.98 Å². The second-order valence-electron chi connectivity index (χ2n) is 5.43. The van der Waals surface area contributed by atoms with Crippen molar-refractivity contribution in [3.05, 3.63) is 40.3 Å². The highest BCUT2D eigenvalue weighted by molar-refractivity contribution is 7.71. The van der Waals surface area contributed by atoms with Crippen molar-refractivity contribution in [3.8, 4) is 11.4 Å². The zero-order valence-electron chi connectivity index (χ0n) is 11.7. The summed E-state index contributed by atoms with van der Waals surface area (Å²) in [5.74, 6) is 0.796. The number of benzene rings is 1. The fourth-order valence-electron chi connectivity index (χ4n) is 2.98. The molecule has 2 aromatic heterocycles. The van der Waals surface area contributed by atoms with Crippen molar-refractivity contribution < 1.29 is 0 Å². The lowest BCUT2D eigenvalue weighted by Gasteiger charge is -2.26. The first kappa shape index (κ1) is 12.7. The van der Waals surface area contributed by atoms with Gasteiger partial charge in [-0.25, -0.2) is 0 Å². The minimum Gasteiger partial charge on any atom is -0.302 e. The van der Waals surface area contributed by atoms with Gasteiger partial charge < -0.3 is 4.90 Å². The summed E-state index contributed by atoms with van der Waals surface area (Å²) in [5, 5.41) is 7.10. The van der Waals surface area contributed by atoms with Gasteiger partial charge in [0.05, 0.1) is 5.52 Å². The van der Waals surface area contributed by atoms with Gasteiger partial charge in [-0.15, -0.1) is 0 Å². The van der Waals surface area contributed by atoms with Crippen LogP contribution in [0.1, 0.15) is 11.3 Å². The van der Waals surface area contributed by atoms with Crippen LogP contribution in [-0.4, -0.2) is 38.7 Å². The molecular formula is C15H15N5S. The fourth-order valence-corrected chi connectivity index (χ4v) is 3.13. The molecule has 4 rings (SSSR count). The first-order valence-electron chi connectivity index (χ1n) is 6.96. The first-order valence-corrected chi connectivity index (χ1v) is 7.37. The summed E-state index contributed by atoms with van der Waals surface area (Å²) in [5.41, 5.74) is 4.55. The lowest BCUT2D eigenvalue weighted by molar-refractivity contribution is 0.311. The molecule has 0 radical (unpaired) electrons. The summed E-state index contributed by atoms with van der Waals surface area (Å²) in [6.07, 6.45) is 0.967. The van der Waals surface area contributed by atoms with E-state index in [9.17, 15) is 0 Å². The van der Waals surface area contributed by atoms with Crippen LogP contribution in [0.15, 0.2) is 24.3 Å². The number of nitrogens with zero attached hydrogens (tertiary/aromatic N) is 3. The van der Waals surface area contributed by atoms with Crippen LogP contribution in [0.25, 0.3) is 22.3 Å². The number of fused-ring (bicyclic) bond motifs is 2. The normalized spacial score (nSPS) is 15.3. The molecular weight excluding hydrogens is 282 g/mol. The number of aromatic nitrogens is 4. The molecule has 5 nitrogen and oxygen atoms in total. The smallest absolute Gasteiger partial charge is 0.213 e. The molecule has 0 unspecified atom stereocenters. The molecule has 0 spiro atoms. The predicted octanol–water partition coefficient (Wildman–Crippen LogP) is 2.67. The molecule has 106 valence electrons. The van der Waals surface area contributed by atoms with Gasteiger partial charge in [-0.1, -0.05) is 18.2 Å². The Bertz CT molecular complexity index is 879. The van der Waals surface area contributed by atoms with Gasteiger partial charge in [0.1, 0.15) is 0 Å². The lowest BCUT2D eigenvalue weighted by Crippen LogP contribution is -2.28. The number of H-pyrrole nitrogens is 2. The standard InChI is InChI=1S/C15H15N5S/c1-20-7-6-12-10(8-20)13(14-17-15(21)19-18-14)9-4-2-3-5-11(9)16-12/h2-5H,6-8H2,1H3,(H2,17,18,19,21). The van der Waals surface area contributed by atoms with Crippen molar-refractivity contribution in [1.29, 1.82) is 0 Å². The van der Waals surface area contributed by atoms with E-state index in [1.807, 2.05) is 12.1 Å². The Hall–Kier alpha value is -2.05. The van der Waals surface area contributed by atoms with Crippen LogP contribution in [0.3, 0.4) is 0 Å². The molecule has 3 heterocycles. The summed E-state index contributed by atoms with van der Waals surface area (Å²) in [6, 6.07) is 8.21. The Kier molecular flexibility index (Phi) is 2.87. The second-order valence-corrected chi connectivity index (χ2v) is 5.82. The second kappa shape index (κ2) is 4.75. The molecule has 2 N–H and O–H groups in total. The van der Waals surface area contributed by atoms with E-state index in [1.165, 1.54) is 11.3 Å². The predicted molar refractivity (Wildman–Crippen MR) is 84.5 cm³/mol.